The number of rotatable bonds is 7. The van der Waals surface area contributed by atoms with E-state index in [4.69, 9.17) is 16.3 Å². The summed E-state index contributed by atoms with van der Waals surface area (Å²) >= 11 is 6.04. The second-order valence-corrected chi connectivity index (χ2v) is 5.64. The van der Waals surface area contributed by atoms with Gasteiger partial charge in [0.15, 0.2) is 0 Å². The Morgan fingerprint density at radius 1 is 1.22 bits per heavy atom. The van der Waals surface area contributed by atoms with Crippen LogP contribution in [0.2, 0.25) is 5.02 Å². The Hall–Kier alpha value is -2.04. The van der Waals surface area contributed by atoms with Gasteiger partial charge in [-0.25, -0.2) is 0 Å². The van der Waals surface area contributed by atoms with Crippen LogP contribution in [0, 0.1) is 0 Å². The number of amides is 1. The van der Waals surface area contributed by atoms with Gasteiger partial charge in [0.2, 0.25) is 5.91 Å². The van der Waals surface area contributed by atoms with Gasteiger partial charge in [0.25, 0.3) is 0 Å². The number of anilines is 1. The molecule has 0 bridgehead atoms. The van der Waals surface area contributed by atoms with Crippen molar-refractivity contribution in [1.82, 2.24) is 5.32 Å². The molecule has 0 saturated heterocycles. The highest BCUT2D eigenvalue weighted by atomic mass is 35.5. The van der Waals surface area contributed by atoms with Crippen molar-refractivity contribution < 1.29 is 9.53 Å². The Bertz CT molecular complexity index is 647. The number of methoxy groups -OCH3 is 1. The van der Waals surface area contributed by atoms with Gasteiger partial charge >= 0.3 is 0 Å². The van der Waals surface area contributed by atoms with Crippen LogP contribution in [0.1, 0.15) is 24.9 Å². The molecule has 0 aliphatic heterocycles. The monoisotopic (exact) mass is 332 g/mol. The smallest absolute Gasteiger partial charge is 0.225 e. The maximum atomic E-state index is 12.0. The fraction of sp³-hybridized carbons (Fsp3) is 0.278. The average molecular weight is 333 g/mol. The molecule has 0 aromatic heterocycles. The summed E-state index contributed by atoms with van der Waals surface area (Å²) in [5.41, 5.74) is 1.87. The van der Waals surface area contributed by atoms with E-state index in [1.807, 2.05) is 18.2 Å². The highest BCUT2D eigenvalue weighted by Crippen LogP contribution is 2.27. The van der Waals surface area contributed by atoms with Crippen LogP contribution >= 0.6 is 11.6 Å². The molecule has 2 aromatic rings. The molecular formula is C18H21ClN2O2. The molecule has 0 aliphatic rings. The molecular weight excluding hydrogens is 312 g/mol. The molecule has 0 heterocycles. The number of hydrogen-bond acceptors (Lipinski definition) is 3. The maximum Gasteiger partial charge on any atom is 0.225 e. The molecule has 2 N–H and O–H groups in total. The quantitative estimate of drug-likeness (QED) is 0.805. The van der Waals surface area contributed by atoms with Crippen molar-refractivity contribution in [3.63, 3.8) is 0 Å². The molecule has 1 atom stereocenters. The normalized spacial score (nSPS) is 11.8. The third kappa shape index (κ3) is 5.27. The Labute approximate surface area is 141 Å². The van der Waals surface area contributed by atoms with Crippen LogP contribution in [0.4, 0.5) is 5.69 Å². The Kier molecular flexibility index (Phi) is 6.44. The van der Waals surface area contributed by atoms with Crippen molar-refractivity contribution in [2.45, 2.75) is 19.4 Å². The molecule has 5 heteroatoms. The number of benzene rings is 2. The van der Waals surface area contributed by atoms with Crippen molar-refractivity contribution in [3.8, 4) is 5.75 Å². The summed E-state index contributed by atoms with van der Waals surface area (Å²) in [5.74, 6) is 0.530. The number of hydrogen-bond donors (Lipinski definition) is 2. The van der Waals surface area contributed by atoms with Gasteiger partial charge < -0.3 is 15.4 Å². The van der Waals surface area contributed by atoms with E-state index < -0.39 is 0 Å². The predicted octanol–water partition coefficient (Wildman–Crippen LogP) is 4.03. The summed E-state index contributed by atoms with van der Waals surface area (Å²) in [5, 5.41) is 6.64. The van der Waals surface area contributed by atoms with Crippen molar-refractivity contribution in [2.75, 3.05) is 19.0 Å². The fourth-order valence-electron chi connectivity index (χ4n) is 2.23. The number of carbonyl (C=O) groups is 1. The predicted molar refractivity (Wildman–Crippen MR) is 94.1 cm³/mol. The first-order valence-corrected chi connectivity index (χ1v) is 7.89. The van der Waals surface area contributed by atoms with E-state index in [0.717, 1.165) is 0 Å². The molecule has 0 spiro atoms. The highest BCUT2D eigenvalue weighted by Gasteiger charge is 2.08. The zero-order valence-corrected chi connectivity index (χ0v) is 14.1. The van der Waals surface area contributed by atoms with E-state index in [1.54, 1.807) is 25.3 Å². The third-order valence-corrected chi connectivity index (χ3v) is 3.83. The van der Waals surface area contributed by atoms with Crippen LogP contribution in [-0.4, -0.2) is 19.6 Å². The molecule has 0 aliphatic carbocycles. The van der Waals surface area contributed by atoms with Crippen LogP contribution < -0.4 is 15.4 Å². The first-order chi connectivity index (χ1) is 11.1. The fourth-order valence-corrected chi connectivity index (χ4v) is 2.49. The Morgan fingerprint density at radius 2 is 1.96 bits per heavy atom. The van der Waals surface area contributed by atoms with E-state index in [1.165, 1.54) is 5.56 Å². The summed E-state index contributed by atoms with van der Waals surface area (Å²) in [4.78, 5) is 12.0. The minimum absolute atomic E-state index is 0.0565. The summed E-state index contributed by atoms with van der Waals surface area (Å²) in [7, 11) is 1.55. The molecule has 4 nitrogen and oxygen atoms in total. The second-order valence-electron chi connectivity index (χ2n) is 5.23. The van der Waals surface area contributed by atoms with Crippen LogP contribution in [0.25, 0.3) is 0 Å². The molecule has 122 valence electrons. The van der Waals surface area contributed by atoms with Gasteiger partial charge in [0.1, 0.15) is 5.75 Å². The molecule has 1 amide bonds. The summed E-state index contributed by atoms with van der Waals surface area (Å²) in [6.45, 7) is 2.68. The zero-order valence-electron chi connectivity index (χ0n) is 13.3. The summed E-state index contributed by atoms with van der Waals surface area (Å²) in [6, 6.07) is 15.5. The van der Waals surface area contributed by atoms with E-state index in [2.05, 4.69) is 29.7 Å². The van der Waals surface area contributed by atoms with Gasteiger partial charge in [-0.1, -0.05) is 41.9 Å². The number of halogens is 1. The van der Waals surface area contributed by atoms with Gasteiger partial charge in [-0.05, 0) is 30.7 Å². The first kappa shape index (κ1) is 17.3. The van der Waals surface area contributed by atoms with Gasteiger partial charge in [-0.15, -0.1) is 0 Å². The second kappa shape index (κ2) is 8.56. The van der Waals surface area contributed by atoms with Gasteiger partial charge in [-0.3, -0.25) is 4.79 Å². The van der Waals surface area contributed by atoms with Crippen LogP contribution in [0.5, 0.6) is 5.75 Å². The van der Waals surface area contributed by atoms with E-state index in [-0.39, 0.29) is 11.9 Å². The van der Waals surface area contributed by atoms with E-state index in [0.29, 0.717) is 29.4 Å². The Balaban J connectivity index is 1.78. The van der Waals surface area contributed by atoms with Crippen LogP contribution in [-0.2, 0) is 4.79 Å². The summed E-state index contributed by atoms with van der Waals surface area (Å²) < 4.78 is 5.08. The molecule has 0 fully saturated rings. The third-order valence-electron chi connectivity index (χ3n) is 3.54. The summed E-state index contributed by atoms with van der Waals surface area (Å²) in [6.07, 6.45) is 0.390. The lowest BCUT2D eigenvalue weighted by atomic mass is 10.1. The molecule has 23 heavy (non-hydrogen) atoms. The van der Waals surface area contributed by atoms with Gasteiger partial charge in [0, 0.05) is 24.7 Å². The lowest BCUT2D eigenvalue weighted by Gasteiger charge is -2.14. The molecule has 0 saturated carbocycles. The lowest BCUT2D eigenvalue weighted by molar-refractivity contribution is -0.116. The van der Waals surface area contributed by atoms with E-state index >= 15 is 0 Å². The van der Waals surface area contributed by atoms with Crippen LogP contribution in [0.15, 0.2) is 48.5 Å². The number of carbonyl (C=O) groups excluding carboxylic acids is 1. The van der Waals surface area contributed by atoms with E-state index in [9.17, 15) is 4.79 Å². The highest BCUT2D eigenvalue weighted by molar-refractivity contribution is 6.32. The minimum atomic E-state index is -0.0565. The van der Waals surface area contributed by atoms with Gasteiger partial charge in [0.05, 0.1) is 12.1 Å². The maximum absolute atomic E-state index is 12.0. The molecule has 2 rings (SSSR count). The molecule has 0 radical (unpaired) electrons. The van der Waals surface area contributed by atoms with Crippen molar-refractivity contribution in [3.05, 3.63) is 59.1 Å². The standard InChI is InChI=1S/C18H21ClN2O2/c1-13(14-6-4-3-5-7-14)20-11-10-18(22)21-15-8-9-17(23-2)16(19)12-15/h3-9,12-13,20H,10-11H2,1-2H3,(H,21,22). The SMILES string of the molecule is COc1ccc(NC(=O)CCNC(C)c2ccccc2)cc1Cl. The first-order valence-electron chi connectivity index (χ1n) is 7.52. The van der Waals surface area contributed by atoms with Crippen LogP contribution in [0.3, 0.4) is 0 Å². The van der Waals surface area contributed by atoms with Crippen molar-refractivity contribution in [1.29, 1.82) is 0 Å². The van der Waals surface area contributed by atoms with Crippen molar-refractivity contribution in [2.24, 2.45) is 0 Å². The largest absolute Gasteiger partial charge is 0.495 e. The molecule has 1 unspecified atom stereocenters. The van der Waals surface area contributed by atoms with Crippen molar-refractivity contribution >= 4 is 23.2 Å². The minimum Gasteiger partial charge on any atom is -0.495 e. The molecule has 2 aromatic carbocycles. The van der Waals surface area contributed by atoms with Gasteiger partial charge in [-0.2, -0.15) is 0 Å². The lowest BCUT2D eigenvalue weighted by Crippen LogP contribution is -2.24. The number of nitrogens with one attached hydrogen (secondary N) is 2. The average Bonchev–Trinajstić information content (AvgIpc) is 2.55. The topological polar surface area (TPSA) is 50.4 Å². The number of ether oxygens (including phenoxy) is 1. The zero-order chi connectivity index (χ0) is 16.7. The Morgan fingerprint density at radius 3 is 2.61 bits per heavy atom.